The molecule has 0 spiro atoms. The molecule has 0 fully saturated rings. The van der Waals surface area contributed by atoms with Gasteiger partial charge in [-0.1, -0.05) is 0 Å². The van der Waals surface area contributed by atoms with Gasteiger partial charge < -0.3 is 10.2 Å². The minimum atomic E-state index is -0.248. The second-order valence-corrected chi connectivity index (χ2v) is 1.81. The molecule has 0 atom stereocenters. The Morgan fingerprint density at radius 2 is 2.00 bits per heavy atom. The summed E-state index contributed by atoms with van der Waals surface area (Å²) in [5, 5.41) is 17.4. The Hall–Kier alpha value is -1.25. The highest BCUT2D eigenvalue weighted by Gasteiger charge is 2.10. The predicted molar refractivity (Wildman–Crippen MR) is 31.0 cm³/mol. The summed E-state index contributed by atoms with van der Waals surface area (Å²) in [6, 6.07) is 0. The fourth-order valence-electron chi connectivity index (χ4n) is 0.583. The monoisotopic (exact) mass is 126 g/mol. The van der Waals surface area contributed by atoms with Gasteiger partial charge in [0.15, 0.2) is 11.5 Å². The molecule has 48 valence electrons. The van der Waals surface area contributed by atoms with Gasteiger partial charge in [0, 0.05) is 0 Å². The lowest BCUT2D eigenvalue weighted by molar-refractivity contribution is -0.114. The molecule has 0 aromatic rings. The Labute approximate surface area is 51.9 Å². The van der Waals surface area contributed by atoms with Crippen LogP contribution < -0.4 is 0 Å². The van der Waals surface area contributed by atoms with Crippen LogP contribution in [-0.4, -0.2) is 16.0 Å². The van der Waals surface area contributed by atoms with Crippen LogP contribution in [0.15, 0.2) is 23.7 Å². The Morgan fingerprint density at radius 1 is 1.33 bits per heavy atom. The van der Waals surface area contributed by atoms with Crippen LogP contribution in [0, 0.1) is 0 Å². The summed E-state index contributed by atoms with van der Waals surface area (Å²) in [4.78, 5) is 10.4. The van der Waals surface area contributed by atoms with Crippen LogP contribution in [0.1, 0.15) is 6.42 Å². The van der Waals surface area contributed by atoms with Crippen LogP contribution in [0.2, 0.25) is 0 Å². The molecule has 0 aliphatic heterocycles. The van der Waals surface area contributed by atoms with E-state index in [0.29, 0.717) is 0 Å². The molecule has 3 nitrogen and oxygen atoms in total. The highest BCUT2D eigenvalue weighted by Crippen LogP contribution is 2.10. The van der Waals surface area contributed by atoms with Crippen LogP contribution in [0.3, 0.4) is 0 Å². The van der Waals surface area contributed by atoms with E-state index in [1.807, 2.05) is 0 Å². The van der Waals surface area contributed by atoms with E-state index in [4.69, 9.17) is 10.2 Å². The van der Waals surface area contributed by atoms with Gasteiger partial charge >= 0.3 is 0 Å². The standard InChI is InChI=1S/C6H6O3/c7-4-1-2-5(8)6(9)3-4/h1-2,8-9H,3H2. The first-order valence-electron chi connectivity index (χ1n) is 2.52. The number of ketones is 1. The molecular formula is C6H6O3. The normalized spacial score (nSPS) is 18.9. The highest BCUT2D eigenvalue weighted by atomic mass is 16.3. The quantitative estimate of drug-likeness (QED) is 0.505. The summed E-state index contributed by atoms with van der Waals surface area (Å²) < 4.78 is 0. The molecule has 0 saturated carbocycles. The third-order valence-corrected chi connectivity index (χ3v) is 1.06. The largest absolute Gasteiger partial charge is 0.508 e. The lowest BCUT2D eigenvalue weighted by Crippen LogP contribution is -2.02. The summed E-state index contributed by atoms with van der Waals surface area (Å²) in [5.41, 5.74) is 0. The first-order chi connectivity index (χ1) is 4.20. The number of hydrogen-bond donors (Lipinski definition) is 2. The Kier molecular flexibility index (Phi) is 1.26. The summed E-state index contributed by atoms with van der Waals surface area (Å²) >= 11 is 0. The average molecular weight is 126 g/mol. The first-order valence-corrected chi connectivity index (χ1v) is 2.52. The Balaban J connectivity index is 2.87. The highest BCUT2D eigenvalue weighted by molar-refractivity contribution is 5.92. The molecule has 0 heterocycles. The molecule has 2 N–H and O–H groups in total. The van der Waals surface area contributed by atoms with Gasteiger partial charge in [-0.2, -0.15) is 0 Å². The molecule has 0 bridgehead atoms. The third-order valence-electron chi connectivity index (χ3n) is 1.06. The first kappa shape index (κ1) is 5.88. The third kappa shape index (κ3) is 1.10. The Bertz CT molecular complexity index is 200. The van der Waals surface area contributed by atoms with E-state index in [-0.39, 0.29) is 23.7 Å². The molecular weight excluding hydrogens is 120 g/mol. The van der Waals surface area contributed by atoms with E-state index in [1.165, 1.54) is 12.2 Å². The van der Waals surface area contributed by atoms with Crippen molar-refractivity contribution >= 4 is 5.78 Å². The molecule has 0 saturated heterocycles. The second-order valence-electron chi connectivity index (χ2n) is 1.81. The number of carbonyl (C=O) groups excluding carboxylic acids is 1. The smallest absolute Gasteiger partial charge is 0.163 e. The number of carbonyl (C=O) groups is 1. The van der Waals surface area contributed by atoms with Crippen molar-refractivity contribution in [1.29, 1.82) is 0 Å². The van der Waals surface area contributed by atoms with Crippen LogP contribution in [0.4, 0.5) is 0 Å². The van der Waals surface area contributed by atoms with Gasteiger partial charge in [-0.3, -0.25) is 4.79 Å². The van der Waals surface area contributed by atoms with Crippen molar-refractivity contribution in [2.45, 2.75) is 6.42 Å². The molecule has 0 amide bonds. The van der Waals surface area contributed by atoms with Gasteiger partial charge in [-0.15, -0.1) is 0 Å². The van der Waals surface area contributed by atoms with E-state index in [9.17, 15) is 4.79 Å². The van der Waals surface area contributed by atoms with Crippen molar-refractivity contribution in [3.8, 4) is 0 Å². The van der Waals surface area contributed by atoms with Crippen molar-refractivity contribution in [2.24, 2.45) is 0 Å². The zero-order valence-corrected chi connectivity index (χ0v) is 4.66. The van der Waals surface area contributed by atoms with E-state index in [1.54, 1.807) is 0 Å². The molecule has 9 heavy (non-hydrogen) atoms. The van der Waals surface area contributed by atoms with Gasteiger partial charge in [0.25, 0.3) is 0 Å². The fraction of sp³-hybridized carbons (Fsp3) is 0.167. The average Bonchev–Trinajstić information content (AvgIpc) is 1.80. The lowest BCUT2D eigenvalue weighted by Gasteiger charge is -2.02. The molecule has 0 aromatic carbocycles. The van der Waals surface area contributed by atoms with Crippen molar-refractivity contribution in [2.75, 3.05) is 0 Å². The molecule has 0 aromatic heterocycles. The van der Waals surface area contributed by atoms with Crippen molar-refractivity contribution in [3.63, 3.8) is 0 Å². The minimum absolute atomic E-state index is 0.0810. The van der Waals surface area contributed by atoms with Crippen LogP contribution >= 0.6 is 0 Å². The number of allylic oxidation sites excluding steroid dienone is 3. The summed E-state index contributed by atoms with van der Waals surface area (Å²) in [6.07, 6.45) is 2.33. The zero-order chi connectivity index (χ0) is 6.85. The van der Waals surface area contributed by atoms with E-state index in [2.05, 4.69) is 0 Å². The van der Waals surface area contributed by atoms with E-state index >= 15 is 0 Å². The van der Waals surface area contributed by atoms with Crippen LogP contribution in [-0.2, 0) is 4.79 Å². The molecule has 1 rings (SSSR count). The maximum absolute atomic E-state index is 10.4. The van der Waals surface area contributed by atoms with Gasteiger partial charge in [0.05, 0.1) is 6.42 Å². The number of aliphatic hydroxyl groups excluding tert-OH is 2. The van der Waals surface area contributed by atoms with Gasteiger partial charge in [-0.05, 0) is 12.2 Å². The van der Waals surface area contributed by atoms with Crippen molar-refractivity contribution < 1.29 is 15.0 Å². The molecule has 0 unspecified atom stereocenters. The molecule has 0 radical (unpaired) electrons. The lowest BCUT2D eigenvalue weighted by atomic mass is 10.1. The minimum Gasteiger partial charge on any atom is -0.508 e. The van der Waals surface area contributed by atoms with Crippen LogP contribution in [0.25, 0.3) is 0 Å². The molecule has 1 aliphatic carbocycles. The maximum atomic E-state index is 10.4. The summed E-state index contributed by atoms with van der Waals surface area (Å²) in [6.45, 7) is 0. The zero-order valence-electron chi connectivity index (χ0n) is 4.66. The van der Waals surface area contributed by atoms with Gasteiger partial charge in [-0.25, -0.2) is 0 Å². The van der Waals surface area contributed by atoms with Crippen molar-refractivity contribution in [3.05, 3.63) is 23.7 Å². The maximum Gasteiger partial charge on any atom is 0.163 e. The number of hydrogen-bond acceptors (Lipinski definition) is 3. The fourth-order valence-corrected chi connectivity index (χ4v) is 0.583. The number of aliphatic hydroxyl groups is 2. The van der Waals surface area contributed by atoms with E-state index in [0.717, 1.165) is 0 Å². The topological polar surface area (TPSA) is 57.5 Å². The SMILES string of the molecule is O=C1C=CC(O)=C(O)C1. The number of rotatable bonds is 0. The van der Waals surface area contributed by atoms with Crippen molar-refractivity contribution in [1.82, 2.24) is 0 Å². The molecule has 1 aliphatic rings. The summed E-state index contributed by atoms with van der Waals surface area (Å²) in [5.74, 6) is -0.651. The second kappa shape index (κ2) is 1.93. The van der Waals surface area contributed by atoms with Gasteiger partial charge in [0.2, 0.25) is 0 Å². The van der Waals surface area contributed by atoms with E-state index < -0.39 is 0 Å². The molecule has 3 heteroatoms. The Morgan fingerprint density at radius 3 is 2.44 bits per heavy atom. The predicted octanol–water partition coefficient (Wildman–Crippen LogP) is 0.843. The van der Waals surface area contributed by atoms with Crippen LogP contribution in [0.5, 0.6) is 0 Å². The summed E-state index contributed by atoms with van der Waals surface area (Å²) in [7, 11) is 0. The van der Waals surface area contributed by atoms with Gasteiger partial charge in [0.1, 0.15) is 5.76 Å².